The largest absolute Gasteiger partial charge is 0.479 e. The third kappa shape index (κ3) is 3.84. The molecule has 0 aromatic heterocycles. The van der Waals surface area contributed by atoms with Crippen molar-refractivity contribution in [2.45, 2.75) is 25.8 Å². The van der Waals surface area contributed by atoms with Gasteiger partial charge >= 0.3 is 5.97 Å². The number of amides is 2. The van der Waals surface area contributed by atoms with E-state index in [0.717, 1.165) is 0 Å². The van der Waals surface area contributed by atoms with Gasteiger partial charge < -0.3 is 15.3 Å². The zero-order valence-corrected chi connectivity index (χ0v) is 12.5. The molecule has 6 heteroatoms. The molecule has 1 aliphatic heterocycles. The van der Waals surface area contributed by atoms with Gasteiger partial charge in [0.2, 0.25) is 11.8 Å². The van der Waals surface area contributed by atoms with Crippen molar-refractivity contribution in [3.8, 4) is 0 Å². The highest BCUT2D eigenvalue weighted by atomic mass is 16.4. The Balaban J connectivity index is 1.98. The summed E-state index contributed by atoms with van der Waals surface area (Å²) in [4.78, 5) is 36.7. The van der Waals surface area contributed by atoms with Crippen molar-refractivity contribution in [2.75, 3.05) is 13.1 Å². The third-order valence-corrected chi connectivity index (χ3v) is 3.98. The van der Waals surface area contributed by atoms with Crippen LogP contribution in [0.4, 0.5) is 0 Å². The van der Waals surface area contributed by atoms with Gasteiger partial charge in [0.1, 0.15) is 0 Å². The predicted octanol–water partition coefficient (Wildman–Crippen LogP) is 1.19. The second kappa shape index (κ2) is 7.06. The maximum absolute atomic E-state index is 12.3. The average Bonchev–Trinajstić information content (AvgIpc) is 2.53. The highest BCUT2D eigenvalue weighted by Crippen LogP contribution is 2.20. The van der Waals surface area contributed by atoms with Crippen LogP contribution in [0, 0.1) is 5.92 Å². The second-order valence-corrected chi connectivity index (χ2v) is 5.47. The number of piperidine rings is 1. The van der Waals surface area contributed by atoms with Crippen molar-refractivity contribution in [2.24, 2.45) is 5.92 Å². The Morgan fingerprint density at radius 3 is 2.27 bits per heavy atom. The van der Waals surface area contributed by atoms with Crippen molar-refractivity contribution in [3.05, 3.63) is 35.9 Å². The number of carbonyl (C=O) groups excluding carboxylic acids is 2. The fourth-order valence-electron chi connectivity index (χ4n) is 2.65. The van der Waals surface area contributed by atoms with E-state index in [1.807, 2.05) is 0 Å². The Labute approximate surface area is 129 Å². The monoisotopic (exact) mass is 304 g/mol. The predicted molar refractivity (Wildman–Crippen MR) is 79.9 cm³/mol. The van der Waals surface area contributed by atoms with Gasteiger partial charge in [-0.1, -0.05) is 30.3 Å². The minimum Gasteiger partial charge on any atom is -0.479 e. The molecule has 1 atom stereocenters. The van der Waals surface area contributed by atoms with E-state index in [0.29, 0.717) is 31.5 Å². The fraction of sp³-hybridized carbons (Fsp3) is 0.438. The number of carboxylic acids is 1. The molecule has 2 N–H and O–H groups in total. The quantitative estimate of drug-likeness (QED) is 0.874. The Hall–Kier alpha value is -2.37. The van der Waals surface area contributed by atoms with Gasteiger partial charge in [-0.15, -0.1) is 0 Å². The van der Waals surface area contributed by atoms with E-state index in [9.17, 15) is 19.5 Å². The number of benzene rings is 1. The van der Waals surface area contributed by atoms with Crippen LogP contribution in [0.3, 0.4) is 0 Å². The number of nitrogens with zero attached hydrogens (tertiary/aromatic N) is 1. The summed E-state index contributed by atoms with van der Waals surface area (Å²) in [5.41, 5.74) is 0.546. The minimum absolute atomic E-state index is 0.00607. The molecule has 0 saturated carbocycles. The lowest BCUT2D eigenvalue weighted by Crippen LogP contribution is -2.44. The number of carbonyl (C=O) groups is 3. The lowest BCUT2D eigenvalue weighted by atomic mass is 9.95. The zero-order valence-electron chi connectivity index (χ0n) is 12.5. The van der Waals surface area contributed by atoms with E-state index in [2.05, 4.69) is 5.32 Å². The van der Waals surface area contributed by atoms with E-state index < -0.39 is 12.0 Å². The molecule has 0 unspecified atom stereocenters. The van der Waals surface area contributed by atoms with Crippen LogP contribution in [-0.4, -0.2) is 40.9 Å². The number of rotatable bonds is 4. The van der Waals surface area contributed by atoms with Gasteiger partial charge in [-0.05, 0) is 18.4 Å². The summed E-state index contributed by atoms with van der Waals surface area (Å²) >= 11 is 0. The number of hydrogen-bond donors (Lipinski definition) is 2. The summed E-state index contributed by atoms with van der Waals surface area (Å²) in [6, 6.07) is 7.58. The van der Waals surface area contributed by atoms with Gasteiger partial charge in [0.05, 0.1) is 0 Å². The molecular weight excluding hydrogens is 284 g/mol. The number of nitrogens with one attached hydrogen (secondary N) is 1. The molecule has 2 rings (SSSR count). The van der Waals surface area contributed by atoms with Crippen molar-refractivity contribution in [1.29, 1.82) is 0 Å². The molecule has 1 aromatic rings. The van der Waals surface area contributed by atoms with E-state index >= 15 is 0 Å². The van der Waals surface area contributed by atoms with Crippen LogP contribution in [0.2, 0.25) is 0 Å². The lowest BCUT2D eigenvalue weighted by Gasteiger charge is -2.31. The maximum Gasteiger partial charge on any atom is 0.330 e. The van der Waals surface area contributed by atoms with Crippen LogP contribution in [0.5, 0.6) is 0 Å². The Morgan fingerprint density at radius 2 is 1.77 bits per heavy atom. The van der Waals surface area contributed by atoms with E-state index in [1.165, 1.54) is 6.92 Å². The standard InChI is InChI=1S/C16H20N2O4/c1-11(19)18-9-7-13(8-10-18)15(20)17-14(16(21)22)12-5-3-2-4-6-12/h2-6,13-14H,7-10H2,1H3,(H,17,20)(H,21,22)/t14-/m0/s1. The summed E-state index contributed by atoms with van der Waals surface area (Å²) in [6.45, 7) is 2.59. The SMILES string of the molecule is CC(=O)N1CCC(C(=O)N[C@H](C(=O)O)c2ccccc2)CC1. The Kier molecular flexibility index (Phi) is 5.14. The molecule has 1 aliphatic rings. The molecule has 2 amide bonds. The zero-order chi connectivity index (χ0) is 16.1. The smallest absolute Gasteiger partial charge is 0.330 e. The van der Waals surface area contributed by atoms with Crippen LogP contribution in [0.1, 0.15) is 31.4 Å². The van der Waals surface area contributed by atoms with Crippen LogP contribution in [-0.2, 0) is 14.4 Å². The van der Waals surface area contributed by atoms with Gasteiger partial charge in [0, 0.05) is 25.9 Å². The molecule has 1 saturated heterocycles. The normalized spacial score (nSPS) is 16.9. The number of hydrogen-bond acceptors (Lipinski definition) is 3. The molecule has 1 heterocycles. The Bertz CT molecular complexity index is 551. The molecule has 6 nitrogen and oxygen atoms in total. The molecule has 0 bridgehead atoms. The molecule has 118 valence electrons. The van der Waals surface area contributed by atoms with Crippen LogP contribution >= 0.6 is 0 Å². The molecule has 0 aliphatic carbocycles. The van der Waals surface area contributed by atoms with Crippen LogP contribution < -0.4 is 5.32 Å². The molecule has 0 spiro atoms. The average molecular weight is 304 g/mol. The number of carboxylic acid groups (broad SMARTS) is 1. The number of likely N-dealkylation sites (tertiary alicyclic amines) is 1. The van der Waals surface area contributed by atoms with Gasteiger partial charge in [-0.2, -0.15) is 0 Å². The Morgan fingerprint density at radius 1 is 1.18 bits per heavy atom. The minimum atomic E-state index is -1.08. The van der Waals surface area contributed by atoms with Crippen LogP contribution in [0.25, 0.3) is 0 Å². The summed E-state index contributed by atoms with van der Waals surface area (Å²) in [7, 11) is 0. The second-order valence-electron chi connectivity index (χ2n) is 5.47. The van der Waals surface area contributed by atoms with Crippen molar-refractivity contribution >= 4 is 17.8 Å². The van der Waals surface area contributed by atoms with Gasteiger partial charge in [0.15, 0.2) is 6.04 Å². The first-order valence-corrected chi connectivity index (χ1v) is 7.32. The number of aliphatic carboxylic acids is 1. The van der Waals surface area contributed by atoms with Crippen LogP contribution in [0.15, 0.2) is 30.3 Å². The van der Waals surface area contributed by atoms with E-state index in [-0.39, 0.29) is 17.7 Å². The van der Waals surface area contributed by atoms with Gasteiger partial charge in [0.25, 0.3) is 0 Å². The summed E-state index contributed by atoms with van der Waals surface area (Å²) in [6.07, 6.45) is 1.12. The molecule has 0 radical (unpaired) electrons. The molecule has 1 fully saturated rings. The summed E-state index contributed by atoms with van der Waals surface area (Å²) < 4.78 is 0. The van der Waals surface area contributed by atoms with E-state index in [1.54, 1.807) is 35.2 Å². The first kappa shape index (κ1) is 16.0. The highest BCUT2D eigenvalue weighted by molar-refractivity contribution is 5.86. The third-order valence-electron chi connectivity index (χ3n) is 3.98. The molecule has 1 aromatic carbocycles. The summed E-state index contributed by atoms with van der Waals surface area (Å²) in [5.74, 6) is -1.59. The lowest BCUT2D eigenvalue weighted by molar-refractivity contribution is -0.143. The van der Waals surface area contributed by atoms with Crippen molar-refractivity contribution in [3.63, 3.8) is 0 Å². The first-order valence-electron chi connectivity index (χ1n) is 7.32. The van der Waals surface area contributed by atoms with Crippen molar-refractivity contribution < 1.29 is 19.5 Å². The molecule has 22 heavy (non-hydrogen) atoms. The van der Waals surface area contributed by atoms with Crippen molar-refractivity contribution in [1.82, 2.24) is 10.2 Å². The first-order chi connectivity index (χ1) is 10.5. The van der Waals surface area contributed by atoms with Gasteiger partial charge in [-0.3, -0.25) is 9.59 Å². The summed E-state index contributed by atoms with van der Waals surface area (Å²) in [5, 5.41) is 11.9. The van der Waals surface area contributed by atoms with Gasteiger partial charge in [-0.25, -0.2) is 4.79 Å². The topological polar surface area (TPSA) is 86.7 Å². The highest BCUT2D eigenvalue weighted by Gasteiger charge is 2.29. The molecular formula is C16H20N2O4. The van der Waals surface area contributed by atoms with E-state index in [4.69, 9.17) is 0 Å². The maximum atomic E-state index is 12.3. The fourth-order valence-corrected chi connectivity index (χ4v) is 2.65.